The molecule has 2 saturated heterocycles. The summed E-state index contributed by atoms with van der Waals surface area (Å²) in [5.41, 5.74) is 4.26. The van der Waals surface area contributed by atoms with Crippen molar-refractivity contribution >= 4 is 17.3 Å². The van der Waals surface area contributed by atoms with Gasteiger partial charge in [0.05, 0.1) is 25.0 Å². The summed E-state index contributed by atoms with van der Waals surface area (Å²) in [7, 11) is 1.69. The van der Waals surface area contributed by atoms with E-state index in [2.05, 4.69) is 43.3 Å². The van der Waals surface area contributed by atoms with Gasteiger partial charge in [-0.15, -0.1) is 0 Å². The molecule has 38 heavy (non-hydrogen) atoms. The van der Waals surface area contributed by atoms with Crippen molar-refractivity contribution in [3.63, 3.8) is 0 Å². The number of aromatic nitrogens is 2. The SMILES string of the molecule is CCOc1cc(-c2cnc(Nc3ccc(N4CCC(N5CCCCC5)CC4)cc3OC)nc2)ccc1C#N. The summed E-state index contributed by atoms with van der Waals surface area (Å²) in [6.45, 7) is 7.07. The van der Waals surface area contributed by atoms with Crippen molar-refractivity contribution in [1.82, 2.24) is 14.9 Å². The molecule has 3 aromatic rings. The highest BCUT2D eigenvalue weighted by atomic mass is 16.5. The van der Waals surface area contributed by atoms with Crippen molar-refractivity contribution in [2.24, 2.45) is 0 Å². The van der Waals surface area contributed by atoms with Crippen LogP contribution >= 0.6 is 0 Å². The van der Waals surface area contributed by atoms with Gasteiger partial charge in [-0.3, -0.25) is 0 Å². The van der Waals surface area contributed by atoms with E-state index >= 15 is 0 Å². The molecule has 0 unspecified atom stereocenters. The van der Waals surface area contributed by atoms with Crippen LogP contribution in [0.5, 0.6) is 11.5 Å². The fourth-order valence-electron chi connectivity index (χ4n) is 5.48. The first-order valence-electron chi connectivity index (χ1n) is 13.6. The van der Waals surface area contributed by atoms with Gasteiger partial charge < -0.3 is 24.6 Å². The Labute approximate surface area is 225 Å². The molecule has 2 aliphatic heterocycles. The van der Waals surface area contributed by atoms with Crippen LogP contribution < -0.4 is 19.7 Å². The van der Waals surface area contributed by atoms with Crippen LogP contribution in [0.15, 0.2) is 48.8 Å². The van der Waals surface area contributed by atoms with Crippen molar-refractivity contribution in [3.8, 4) is 28.7 Å². The highest BCUT2D eigenvalue weighted by Gasteiger charge is 2.26. The number of piperidine rings is 2. The number of hydrogen-bond donors (Lipinski definition) is 1. The number of methoxy groups -OCH3 is 1. The van der Waals surface area contributed by atoms with Crippen LogP contribution in [-0.4, -0.2) is 60.8 Å². The third kappa shape index (κ3) is 5.84. The summed E-state index contributed by atoms with van der Waals surface area (Å²) < 4.78 is 11.3. The Morgan fingerprint density at radius 1 is 0.947 bits per heavy atom. The standard InChI is InChI=1S/C30H36N6O2/c1-3-38-28-17-22(7-8-23(28)19-31)24-20-32-30(33-21-24)34-27-10-9-26(18-29(27)37-2)36-15-11-25(12-16-36)35-13-5-4-6-14-35/h7-10,17-18,20-21,25H,3-6,11-16H2,1-2H3,(H,32,33,34). The second kappa shape index (κ2) is 12.1. The van der Waals surface area contributed by atoms with Gasteiger partial charge in [-0.2, -0.15) is 5.26 Å². The first kappa shape index (κ1) is 25.8. The quantitative estimate of drug-likeness (QED) is 0.416. The summed E-state index contributed by atoms with van der Waals surface area (Å²) >= 11 is 0. The summed E-state index contributed by atoms with van der Waals surface area (Å²) in [6.07, 6.45) is 10.0. The van der Waals surface area contributed by atoms with Crippen LogP contribution in [0.1, 0.15) is 44.6 Å². The number of nitrogens with zero attached hydrogens (tertiary/aromatic N) is 5. The van der Waals surface area contributed by atoms with Crippen molar-refractivity contribution in [1.29, 1.82) is 5.26 Å². The van der Waals surface area contributed by atoms with Gasteiger partial charge in [-0.25, -0.2) is 9.97 Å². The van der Waals surface area contributed by atoms with Gasteiger partial charge in [-0.1, -0.05) is 12.5 Å². The van der Waals surface area contributed by atoms with Crippen LogP contribution in [0.3, 0.4) is 0 Å². The summed E-state index contributed by atoms with van der Waals surface area (Å²) in [5, 5.41) is 12.6. The van der Waals surface area contributed by atoms with E-state index in [1.807, 2.05) is 25.1 Å². The number of nitriles is 1. The summed E-state index contributed by atoms with van der Waals surface area (Å²) in [4.78, 5) is 14.2. The normalized spacial score (nSPS) is 16.6. The van der Waals surface area contributed by atoms with Crippen LogP contribution in [0.4, 0.5) is 17.3 Å². The molecule has 0 bridgehead atoms. The topological polar surface area (TPSA) is 86.5 Å². The Kier molecular flexibility index (Phi) is 8.25. The van der Waals surface area contributed by atoms with E-state index in [1.54, 1.807) is 25.6 Å². The molecule has 0 radical (unpaired) electrons. The van der Waals surface area contributed by atoms with Crippen LogP contribution in [0.25, 0.3) is 11.1 Å². The van der Waals surface area contributed by atoms with Gasteiger partial charge in [0.15, 0.2) is 0 Å². The smallest absolute Gasteiger partial charge is 0.227 e. The Morgan fingerprint density at radius 2 is 1.71 bits per heavy atom. The van der Waals surface area contributed by atoms with Crippen molar-refractivity contribution in [2.75, 3.05) is 50.1 Å². The van der Waals surface area contributed by atoms with Gasteiger partial charge in [0, 0.05) is 48.8 Å². The number of nitrogens with one attached hydrogen (secondary N) is 1. The number of ether oxygens (including phenoxy) is 2. The molecule has 0 aliphatic carbocycles. The van der Waals surface area contributed by atoms with E-state index in [4.69, 9.17) is 9.47 Å². The Balaban J connectivity index is 1.24. The van der Waals surface area contributed by atoms with Crippen molar-refractivity contribution < 1.29 is 9.47 Å². The van der Waals surface area contributed by atoms with Gasteiger partial charge in [-0.05, 0) is 75.5 Å². The fraction of sp³-hybridized carbons (Fsp3) is 0.433. The lowest BCUT2D eigenvalue weighted by Crippen LogP contribution is -2.46. The minimum Gasteiger partial charge on any atom is -0.494 e. The molecule has 0 atom stereocenters. The van der Waals surface area contributed by atoms with Gasteiger partial charge in [0.2, 0.25) is 5.95 Å². The minimum absolute atomic E-state index is 0.487. The molecule has 0 saturated carbocycles. The predicted octanol–water partition coefficient (Wildman–Crippen LogP) is 5.62. The predicted molar refractivity (Wildman–Crippen MR) is 150 cm³/mol. The minimum atomic E-state index is 0.487. The zero-order valence-corrected chi connectivity index (χ0v) is 22.3. The molecule has 0 amide bonds. The molecule has 3 heterocycles. The maximum Gasteiger partial charge on any atom is 0.227 e. The van der Waals surface area contributed by atoms with Crippen LogP contribution in [-0.2, 0) is 0 Å². The van der Waals surface area contributed by atoms with E-state index in [0.29, 0.717) is 23.9 Å². The number of hydrogen-bond acceptors (Lipinski definition) is 8. The average molecular weight is 513 g/mol. The second-order valence-corrected chi connectivity index (χ2v) is 9.88. The van der Waals surface area contributed by atoms with Crippen LogP contribution in [0.2, 0.25) is 0 Å². The molecule has 198 valence electrons. The molecular formula is C30H36N6O2. The first-order valence-corrected chi connectivity index (χ1v) is 13.6. The first-order chi connectivity index (χ1) is 18.7. The summed E-state index contributed by atoms with van der Waals surface area (Å²) in [5.74, 6) is 1.82. The number of anilines is 3. The molecule has 2 aromatic carbocycles. The molecule has 1 N–H and O–H groups in total. The van der Waals surface area contributed by atoms with Gasteiger partial charge in [0.1, 0.15) is 17.6 Å². The zero-order valence-electron chi connectivity index (χ0n) is 22.3. The molecule has 8 heteroatoms. The third-order valence-corrected chi connectivity index (χ3v) is 7.56. The number of benzene rings is 2. The number of likely N-dealkylation sites (tertiary alicyclic amines) is 1. The van der Waals surface area contributed by atoms with E-state index in [9.17, 15) is 5.26 Å². The van der Waals surface area contributed by atoms with E-state index < -0.39 is 0 Å². The van der Waals surface area contributed by atoms with Crippen molar-refractivity contribution in [3.05, 3.63) is 54.4 Å². The number of rotatable bonds is 8. The van der Waals surface area contributed by atoms with E-state index in [-0.39, 0.29) is 0 Å². The maximum absolute atomic E-state index is 9.30. The molecule has 2 fully saturated rings. The Hall–Kier alpha value is -3.83. The third-order valence-electron chi connectivity index (χ3n) is 7.56. The highest BCUT2D eigenvalue weighted by molar-refractivity contribution is 5.70. The Morgan fingerprint density at radius 3 is 2.39 bits per heavy atom. The van der Waals surface area contributed by atoms with Gasteiger partial charge >= 0.3 is 0 Å². The van der Waals surface area contributed by atoms with Gasteiger partial charge in [0.25, 0.3) is 0 Å². The molecular weight excluding hydrogens is 476 g/mol. The summed E-state index contributed by atoms with van der Waals surface area (Å²) in [6, 6.07) is 14.7. The second-order valence-electron chi connectivity index (χ2n) is 9.88. The lowest BCUT2D eigenvalue weighted by atomic mass is 9.99. The van der Waals surface area contributed by atoms with E-state index in [1.165, 1.54) is 50.9 Å². The molecule has 0 spiro atoms. The maximum atomic E-state index is 9.30. The Bertz CT molecular complexity index is 1260. The lowest BCUT2D eigenvalue weighted by molar-refractivity contribution is 0.141. The highest BCUT2D eigenvalue weighted by Crippen LogP contribution is 2.34. The molecule has 5 rings (SSSR count). The lowest BCUT2D eigenvalue weighted by Gasteiger charge is -2.41. The van der Waals surface area contributed by atoms with E-state index in [0.717, 1.165) is 41.7 Å². The molecule has 1 aromatic heterocycles. The molecule has 2 aliphatic rings. The van der Waals surface area contributed by atoms with Crippen molar-refractivity contribution in [2.45, 2.75) is 45.1 Å². The van der Waals surface area contributed by atoms with Crippen LogP contribution in [0, 0.1) is 11.3 Å². The molecule has 8 nitrogen and oxygen atoms in total. The average Bonchev–Trinajstić information content (AvgIpc) is 2.98. The monoisotopic (exact) mass is 512 g/mol. The largest absolute Gasteiger partial charge is 0.494 e. The zero-order chi connectivity index (χ0) is 26.3. The fourth-order valence-corrected chi connectivity index (χ4v) is 5.48.